The Bertz CT molecular complexity index is 422. The third-order valence-corrected chi connectivity index (χ3v) is 3.26. The van der Waals surface area contributed by atoms with Gasteiger partial charge in [0.25, 0.3) is 5.91 Å². The lowest BCUT2D eigenvalue weighted by atomic mass is 10.1. The summed E-state index contributed by atoms with van der Waals surface area (Å²) < 4.78 is 5.06. The minimum Gasteiger partial charge on any atom is -0.380 e. The summed E-state index contributed by atoms with van der Waals surface area (Å²) in [7, 11) is 1.64. The third kappa shape index (κ3) is 4.49. The molecular weight excluding hydrogens is 264 g/mol. The molecule has 1 atom stereocenters. The topological polar surface area (TPSA) is 64.3 Å². The van der Waals surface area contributed by atoms with Gasteiger partial charge in [0, 0.05) is 25.3 Å². The van der Waals surface area contributed by atoms with Gasteiger partial charge in [-0.05, 0) is 36.5 Å². The number of benzene rings is 1. The van der Waals surface area contributed by atoms with Crippen LogP contribution in [0.15, 0.2) is 24.3 Å². The number of rotatable bonds is 6. The molecule has 0 radical (unpaired) electrons. The van der Waals surface area contributed by atoms with Crippen molar-refractivity contribution in [2.75, 3.05) is 13.7 Å². The summed E-state index contributed by atoms with van der Waals surface area (Å²) in [6.07, 6.45) is 2.34. The average molecular weight is 285 g/mol. The van der Waals surface area contributed by atoms with Crippen molar-refractivity contribution in [1.82, 2.24) is 5.32 Å². The van der Waals surface area contributed by atoms with Gasteiger partial charge in [-0.1, -0.05) is 12.1 Å². The van der Waals surface area contributed by atoms with Crippen molar-refractivity contribution in [3.8, 4) is 0 Å². The van der Waals surface area contributed by atoms with Gasteiger partial charge in [-0.3, -0.25) is 4.79 Å². The monoisotopic (exact) mass is 284 g/mol. The minimum absolute atomic E-state index is 0. The Morgan fingerprint density at radius 3 is 2.84 bits per heavy atom. The number of ether oxygens (including phenoxy) is 1. The highest BCUT2D eigenvalue weighted by Crippen LogP contribution is 2.32. The SMILES string of the molecule is COCc1cccc(C(=O)NC(CN)C2CC2)c1.Cl. The van der Waals surface area contributed by atoms with E-state index >= 15 is 0 Å². The van der Waals surface area contributed by atoms with Crippen LogP contribution in [-0.4, -0.2) is 25.6 Å². The smallest absolute Gasteiger partial charge is 0.251 e. The van der Waals surface area contributed by atoms with E-state index in [1.807, 2.05) is 24.3 Å². The lowest BCUT2D eigenvalue weighted by Crippen LogP contribution is -2.41. The lowest BCUT2D eigenvalue weighted by molar-refractivity contribution is 0.0933. The number of methoxy groups -OCH3 is 1. The first-order chi connectivity index (χ1) is 8.74. The van der Waals surface area contributed by atoms with Crippen molar-refractivity contribution in [1.29, 1.82) is 0 Å². The van der Waals surface area contributed by atoms with Crippen LogP contribution in [0.4, 0.5) is 0 Å². The molecular formula is C14H21ClN2O2. The number of hydrogen-bond donors (Lipinski definition) is 2. The van der Waals surface area contributed by atoms with Crippen molar-refractivity contribution >= 4 is 18.3 Å². The van der Waals surface area contributed by atoms with E-state index in [0.717, 1.165) is 5.56 Å². The Kier molecular flexibility index (Phi) is 6.28. The number of hydrogen-bond acceptors (Lipinski definition) is 3. The van der Waals surface area contributed by atoms with E-state index in [2.05, 4.69) is 5.32 Å². The predicted molar refractivity (Wildman–Crippen MR) is 77.4 cm³/mol. The summed E-state index contributed by atoms with van der Waals surface area (Å²) in [5.74, 6) is 0.524. The van der Waals surface area contributed by atoms with Gasteiger partial charge >= 0.3 is 0 Å². The molecule has 1 unspecified atom stereocenters. The average Bonchev–Trinajstić information content (AvgIpc) is 3.21. The molecule has 5 heteroatoms. The van der Waals surface area contributed by atoms with Crippen molar-refractivity contribution in [3.63, 3.8) is 0 Å². The van der Waals surface area contributed by atoms with Crippen LogP contribution in [0.2, 0.25) is 0 Å². The maximum Gasteiger partial charge on any atom is 0.251 e. The fourth-order valence-electron chi connectivity index (χ4n) is 2.09. The number of carbonyl (C=O) groups is 1. The Labute approximate surface area is 120 Å². The molecule has 0 heterocycles. The quantitative estimate of drug-likeness (QED) is 0.836. The van der Waals surface area contributed by atoms with Crippen molar-refractivity contribution < 1.29 is 9.53 Å². The minimum atomic E-state index is -0.0460. The molecule has 1 fully saturated rings. The molecule has 0 spiro atoms. The van der Waals surface area contributed by atoms with Gasteiger partial charge < -0.3 is 15.8 Å². The summed E-state index contributed by atoms with van der Waals surface area (Å²) in [6.45, 7) is 1.03. The van der Waals surface area contributed by atoms with Gasteiger partial charge in [-0.15, -0.1) is 12.4 Å². The zero-order valence-electron chi connectivity index (χ0n) is 11.1. The van der Waals surface area contributed by atoms with E-state index in [-0.39, 0.29) is 24.4 Å². The van der Waals surface area contributed by atoms with Crippen LogP contribution in [0, 0.1) is 5.92 Å². The number of nitrogens with one attached hydrogen (secondary N) is 1. The molecule has 1 amide bonds. The summed E-state index contributed by atoms with van der Waals surface area (Å²) in [4.78, 5) is 12.1. The summed E-state index contributed by atoms with van der Waals surface area (Å²) in [6, 6.07) is 7.61. The maximum absolute atomic E-state index is 12.1. The molecule has 0 aliphatic heterocycles. The largest absolute Gasteiger partial charge is 0.380 e. The standard InChI is InChI=1S/C14H20N2O2.ClH/c1-18-9-10-3-2-4-12(7-10)14(17)16-13(8-15)11-5-6-11;/h2-4,7,11,13H,5-6,8-9,15H2,1H3,(H,16,17);1H. The first-order valence-corrected chi connectivity index (χ1v) is 6.33. The zero-order chi connectivity index (χ0) is 13.0. The molecule has 106 valence electrons. The van der Waals surface area contributed by atoms with Crippen molar-refractivity contribution in [2.45, 2.75) is 25.5 Å². The molecule has 3 N–H and O–H groups in total. The van der Waals surface area contributed by atoms with E-state index in [9.17, 15) is 4.79 Å². The second-order valence-electron chi connectivity index (χ2n) is 4.79. The van der Waals surface area contributed by atoms with E-state index < -0.39 is 0 Å². The Balaban J connectivity index is 0.00000180. The first kappa shape index (κ1) is 16.0. The second kappa shape index (κ2) is 7.48. The zero-order valence-corrected chi connectivity index (χ0v) is 11.9. The van der Waals surface area contributed by atoms with Crippen LogP contribution in [0.1, 0.15) is 28.8 Å². The normalized spacial score (nSPS) is 15.5. The van der Waals surface area contributed by atoms with Gasteiger partial charge in [0.05, 0.1) is 6.61 Å². The van der Waals surface area contributed by atoms with Crippen LogP contribution in [0.3, 0.4) is 0 Å². The van der Waals surface area contributed by atoms with Crippen molar-refractivity contribution in [3.05, 3.63) is 35.4 Å². The number of amides is 1. The summed E-state index contributed by atoms with van der Waals surface area (Å²) in [5, 5.41) is 3.01. The fourth-order valence-corrected chi connectivity index (χ4v) is 2.09. The molecule has 1 aliphatic rings. The number of nitrogens with two attached hydrogens (primary N) is 1. The molecule has 4 nitrogen and oxygen atoms in total. The third-order valence-electron chi connectivity index (χ3n) is 3.26. The maximum atomic E-state index is 12.1. The number of halogens is 1. The van der Waals surface area contributed by atoms with Gasteiger partial charge in [-0.2, -0.15) is 0 Å². The van der Waals surface area contributed by atoms with Crippen LogP contribution in [0.25, 0.3) is 0 Å². The van der Waals surface area contributed by atoms with Gasteiger partial charge in [0.15, 0.2) is 0 Å². The highest BCUT2D eigenvalue weighted by Gasteiger charge is 2.31. The Hall–Kier alpha value is -1.10. The van der Waals surface area contributed by atoms with Crippen LogP contribution >= 0.6 is 12.4 Å². The van der Waals surface area contributed by atoms with Gasteiger partial charge in [0.2, 0.25) is 0 Å². The Morgan fingerprint density at radius 1 is 1.53 bits per heavy atom. The molecule has 2 rings (SSSR count). The van der Waals surface area contributed by atoms with E-state index in [1.54, 1.807) is 7.11 Å². The molecule has 1 aromatic rings. The molecule has 19 heavy (non-hydrogen) atoms. The molecule has 1 saturated carbocycles. The van der Waals surface area contributed by atoms with Crippen LogP contribution in [0.5, 0.6) is 0 Å². The lowest BCUT2D eigenvalue weighted by Gasteiger charge is -2.16. The predicted octanol–water partition coefficient (Wildman–Crippen LogP) is 1.72. The molecule has 1 aliphatic carbocycles. The second-order valence-corrected chi connectivity index (χ2v) is 4.79. The fraction of sp³-hybridized carbons (Fsp3) is 0.500. The molecule has 0 saturated heterocycles. The highest BCUT2D eigenvalue weighted by atomic mass is 35.5. The highest BCUT2D eigenvalue weighted by molar-refractivity contribution is 5.94. The first-order valence-electron chi connectivity index (χ1n) is 6.33. The number of carbonyl (C=O) groups excluding carboxylic acids is 1. The summed E-state index contributed by atoms with van der Waals surface area (Å²) in [5.41, 5.74) is 7.35. The summed E-state index contributed by atoms with van der Waals surface area (Å²) >= 11 is 0. The van der Waals surface area contributed by atoms with Crippen LogP contribution in [-0.2, 0) is 11.3 Å². The van der Waals surface area contributed by atoms with E-state index in [1.165, 1.54) is 12.8 Å². The van der Waals surface area contributed by atoms with E-state index in [4.69, 9.17) is 10.5 Å². The van der Waals surface area contributed by atoms with Gasteiger partial charge in [-0.25, -0.2) is 0 Å². The van der Waals surface area contributed by atoms with Crippen LogP contribution < -0.4 is 11.1 Å². The van der Waals surface area contributed by atoms with Crippen molar-refractivity contribution in [2.24, 2.45) is 11.7 Å². The molecule has 0 aromatic heterocycles. The molecule has 0 bridgehead atoms. The van der Waals surface area contributed by atoms with E-state index in [0.29, 0.717) is 24.6 Å². The Morgan fingerprint density at radius 2 is 2.26 bits per heavy atom. The molecule has 1 aromatic carbocycles. The van der Waals surface area contributed by atoms with Gasteiger partial charge in [0.1, 0.15) is 0 Å².